The molecule has 0 spiro atoms. The molecule has 0 bridgehead atoms. The largest absolute Gasteiger partial charge is 0.496 e. The van der Waals surface area contributed by atoms with Gasteiger partial charge in [0.05, 0.1) is 12.7 Å². The average Bonchev–Trinajstić information content (AvgIpc) is 2.53. The maximum atomic E-state index is 11.8. The van der Waals surface area contributed by atoms with Gasteiger partial charge in [-0.3, -0.25) is 19.7 Å². The van der Waals surface area contributed by atoms with Gasteiger partial charge in [0.15, 0.2) is 0 Å². The minimum Gasteiger partial charge on any atom is -0.496 e. The Hall–Kier alpha value is -2.24. The predicted molar refractivity (Wildman–Crippen MR) is 57.2 cm³/mol. The van der Waals surface area contributed by atoms with E-state index >= 15 is 0 Å². The fourth-order valence-corrected chi connectivity index (χ4v) is 2.00. The Labute approximate surface area is 96.3 Å². The molecule has 88 valence electrons. The summed E-state index contributed by atoms with van der Waals surface area (Å²) in [5.74, 6) is -1.35. The summed E-state index contributed by atoms with van der Waals surface area (Å²) >= 11 is 0. The molecule has 0 aromatic heterocycles. The molecule has 0 heterocycles. The minimum atomic E-state index is -1.82. The highest BCUT2D eigenvalue weighted by Gasteiger charge is 2.49. The number of carbonyl (C=O) groups excluding carboxylic acids is 2. The minimum absolute atomic E-state index is 0.0270. The van der Waals surface area contributed by atoms with Crippen molar-refractivity contribution < 1.29 is 19.2 Å². The molecule has 2 rings (SSSR count). The summed E-state index contributed by atoms with van der Waals surface area (Å²) < 4.78 is 4.96. The van der Waals surface area contributed by atoms with Crippen molar-refractivity contribution in [3.05, 3.63) is 38.9 Å². The number of benzene rings is 1. The van der Waals surface area contributed by atoms with Gasteiger partial charge in [0.2, 0.25) is 11.6 Å². The molecular weight excluding hydrogens is 226 g/mol. The number of nitro groups is 1. The number of methoxy groups -OCH3 is 1. The van der Waals surface area contributed by atoms with Gasteiger partial charge in [-0.1, -0.05) is 6.07 Å². The molecule has 1 unspecified atom stereocenters. The summed E-state index contributed by atoms with van der Waals surface area (Å²) in [6, 6.07) is 1.31. The predicted octanol–water partition coefficient (Wildman–Crippen LogP) is 1.03. The van der Waals surface area contributed by atoms with E-state index in [1.54, 1.807) is 13.0 Å². The fraction of sp³-hybridized carbons (Fsp3) is 0.273. The van der Waals surface area contributed by atoms with E-state index in [4.69, 9.17) is 4.74 Å². The number of hydrogen-bond donors (Lipinski definition) is 0. The topological polar surface area (TPSA) is 86.5 Å². The zero-order chi connectivity index (χ0) is 12.7. The molecule has 6 nitrogen and oxygen atoms in total. The summed E-state index contributed by atoms with van der Waals surface area (Å²) in [5.41, 5.74) is 0.679. The lowest BCUT2D eigenvalue weighted by molar-refractivity contribution is -0.488. The van der Waals surface area contributed by atoms with Crippen LogP contribution in [0, 0.1) is 17.0 Å². The van der Waals surface area contributed by atoms with Crippen LogP contribution in [0.2, 0.25) is 0 Å². The molecule has 0 saturated heterocycles. The van der Waals surface area contributed by atoms with Crippen molar-refractivity contribution in [1.29, 1.82) is 0 Å². The lowest BCUT2D eigenvalue weighted by Gasteiger charge is -2.06. The highest BCUT2D eigenvalue weighted by Crippen LogP contribution is 2.33. The van der Waals surface area contributed by atoms with Crippen molar-refractivity contribution in [2.45, 2.75) is 13.0 Å². The van der Waals surface area contributed by atoms with E-state index in [1.165, 1.54) is 13.2 Å². The molecule has 0 saturated carbocycles. The van der Waals surface area contributed by atoms with Crippen molar-refractivity contribution in [1.82, 2.24) is 0 Å². The van der Waals surface area contributed by atoms with Crippen LogP contribution in [-0.4, -0.2) is 29.6 Å². The Bertz CT molecular complexity index is 549. The summed E-state index contributed by atoms with van der Waals surface area (Å²) in [4.78, 5) is 33.5. The van der Waals surface area contributed by atoms with Gasteiger partial charge in [-0.2, -0.15) is 0 Å². The van der Waals surface area contributed by atoms with Gasteiger partial charge in [0.1, 0.15) is 5.75 Å². The van der Waals surface area contributed by atoms with Crippen LogP contribution in [0.1, 0.15) is 26.3 Å². The molecule has 6 heteroatoms. The van der Waals surface area contributed by atoms with Gasteiger partial charge in [-0.15, -0.1) is 0 Å². The Morgan fingerprint density at radius 1 is 1.24 bits per heavy atom. The molecule has 1 aliphatic carbocycles. The Morgan fingerprint density at radius 2 is 1.82 bits per heavy atom. The molecule has 0 aliphatic heterocycles. The first kappa shape index (κ1) is 11.3. The van der Waals surface area contributed by atoms with Crippen LogP contribution >= 0.6 is 0 Å². The van der Waals surface area contributed by atoms with E-state index in [-0.39, 0.29) is 16.9 Å². The number of rotatable bonds is 2. The Morgan fingerprint density at radius 3 is 2.35 bits per heavy atom. The van der Waals surface area contributed by atoms with E-state index in [1.807, 2.05) is 0 Å². The number of nitrogens with zero attached hydrogens (tertiary/aromatic N) is 1. The van der Waals surface area contributed by atoms with Crippen LogP contribution in [0.15, 0.2) is 12.1 Å². The first-order valence-corrected chi connectivity index (χ1v) is 4.88. The van der Waals surface area contributed by atoms with E-state index in [0.29, 0.717) is 5.56 Å². The molecule has 1 aromatic rings. The highest BCUT2D eigenvalue weighted by molar-refractivity contribution is 6.30. The van der Waals surface area contributed by atoms with Gasteiger partial charge >= 0.3 is 6.04 Å². The van der Waals surface area contributed by atoms with Gasteiger partial charge < -0.3 is 4.74 Å². The second kappa shape index (κ2) is 3.65. The standard InChI is InChI=1S/C11H9NO5/c1-5-3-4-6(17-2)8-7(5)10(13)9(11(8)14)12(15)16/h3-4,9H,1-2H3. The van der Waals surface area contributed by atoms with Crippen LogP contribution in [0.3, 0.4) is 0 Å². The van der Waals surface area contributed by atoms with Gasteiger partial charge in [-0.05, 0) is 18.6 Å². The fourth-order valence-electron chi connectivity index (χ4n) is 2.00. The number of hydrogen-bond acceptors (Lipinski definition) is 5. The number of carbonyl (C=O) groups is 2. The van der Waals surface area contributed by atoms with Gasteiger partial charge in [-0.25, -0.2) is 0 Å². The van der Waals surface area contributed by atoms with Crippen molar-refractivity contribution >= 4 is 11.6 Å². The summed E-state index contributed by atoms with van der Waals surface area (Å²) in [7, 11) is 1.35. The van der Waals surface area contributed by atoms with Crippen molar-refractivity contribution in [3.63, 3.8) is 0 Å². The van der Waals surface area contributed by atoms with Crippen molar-refractivity contribution in [3.8, 4) is 5.75 Å². The lowest BCUT2D eigenvalue weighted by atomic mass is 10.0. The van der Waals surface area contributed by atoms with Gasteiger partial charge in [0.25, 0.3) is 0 Å². The van der Waals surface area contributed by atoms with Gasteiger partial charge in [0, 0.05) is 10.5 Å². The van der Waals surface area contributed by atoms with Crippen molar-refractivity contribution in [2.24, 2.45) is 0 Å². The summed E-state index contributed by atoms with van der Waals surface area (Å²) in [6.07, 6.45) is 0. The molecular formula is C11H9NO5. The quantitative estimate of drug-likeness (QED) is 0.434. The third-order valence-corrected chi connectivity index (χ3v) is 2.80. The zero-order valence-corrected chi connectivity index (χ0v) is 9.22. The second-order valence-corrected chi connectivity index (χ2v) is 3.75. The van der Waals surface area contributed by atoms with Crippen LogP contribution in [0.5, 0.6) is 5.75 Å². The second-order valence-electron chi connectivity index (χ2n) is 3.75. The smallest absolute Gasteiger partial charge is 0.336 e. The van der Waals surface area contributed by atoms with Crippen molar-refractivity contribution in [2.75, 3.05) is 7.11 Å². The molecule has 0 amide bonds. The summed E-state index contributed by atoms with van der Waals surface area (Å²) in [5, 5.41) is 10.7. The molecule has 1 atom stereocenters. The molecule has 1 aromatic carbocycles. The van der Waals surface area contributed by atoms with Crippen LogP contribution in [-0.2, 0) is 0 Å². The maximum absolute atomic E-state index is 11.8. The van der Waals surface area contributed by atoms with E-state index in [2.05, 4.69) is 0 Å². The first-order valence-electron chi connectivity index (χ1n) is 4.88. The number of ketones is 2. The third kappa shape index (κ3) is 1.41. The average molecular weight is 235 g/mol. The van der Waals surface area contributed by atoms with E-state index < -0.39 is 22.5 Å². The van der Waals surface area contributed by atoms with Crippen LogP contribution < -0.4 is 4.74 Å². The molecule has 1 aliphatic rings. The number of ether oxygens (including phenoxy) is 1. The maximum Gasteiger partial charge on any atom is 0.336 e. The van der Waals surface area contributed by atoms with Crippen LogP contribution in [0.25, 0.3) is 0 Å². The lowest BCUT2D eigenvalue weighted by Crippen LogP contribution is -2.31. The zero-order valence-electron chi connectivity index (χ0n) is 9.22. The van der Waals surface area contributed by atoms with Crippen LogP contribution in [0.4, 0.5) is 0 Å². The highest BCUT2D eigenvalue weighted by atomic mass is 16.6. The van der Waals surface area contributed by atoms with E-state index in [9.17, 15) is 19.7 Å². The molecule has 0 fully saturated rings. The monoisotopic (exact) mass is 235 g/mol. The Balaban J connectivity index is 2.72. The van der Waals surface area contributed by atoms with E-state index in [0.717, 1.165) is 0 Å². The number of Topliss-reactive ketones (excluding diaryl/α,β-unsaturated/α-hetero) is 2. The number of aryl methyl sites for hydroxylation is 1. The third-order valence-electron chi connectivity index (χ3n) is 2.80. The number of fused-ring (bicyclic) bond motifs is 1. The SMILES string of the molecule is COc1ccc(C)c2c1C(=O)C([N+](=O)[O-])C2=O. The Kier molecular flexibility index (Phi) is 2.42. The molecule has 0 radical (unpaired) electrons. The molecule has 17 heavy (non-hydrogen) atoms. The first-order chi connectivity index (χ1) is 7.99. The molecule has 0 N–H and O–H groups in total. The summed E-state index contributed by atoms with van der Waals surface area (Å²) in [6.45, 7) is 1.63. The normalized spacial score (nSPS) is 18.1.